The van der Waals surface area contributed by atoms with E-state index in [0.29, 0.717) is 18.0 Å². The van der Waals surface area contributed by atoms with E-state index in [4.69, 9.17) is 16.0 Å². The molecule has 1 aromatic heterocycles. The van der Waals surface area contributed by atoms with Crippen molar-refractivity contribution < 1.29 is 9.21 Å². The topological polar surface area (TPSA) is 45.5 Å². The van der Waals surface area contributed by atoms with Gasteiger partial charge >= 0.3 is 0 Å². The molecule has 0 bridgehead atoms. The second kappa shape index (κ2) is 8.74. The zero-order chi connectivity index (χ0) is 18.5. The lowest BCUT2D eigenvalue weighted by molar-refractivity contribution is -0.120. The molecule has 1 aromatic carbocycles. The third-order valence-electron chi connectivity index (χ3n) is 5.12. The molecular weight excluding hydrogens is 348 g/mol. The normalized spacial score (nSPS) is 17.2. The summed E-state index contributed by atoms with van der Waals surface area (Å²) in [6, 6.07) is 11.5. The van der Waals surface area contributed by atoms with E-state index >= 15 is 0 Å². The number of amides is 1. The van der Waals surface area contributed by atoms with E-state index in [1.807, 2.05) is 43.3 Å². The molecule has 140 valence electrons. The summed E-state index contributed by atoms with van der Waals surface area (Å²) in [6.07, 6.45) is 2.74. The van der Waals surface area contributed by atoms with Crippen LogP contribution >= 0.6 is 11.6 Å². The van der Waals surface area contributed by atoms with Crippen LogP contribution in [-0.4, -0.2) is 30.4 Å². The minimum atomic E-state index is 0.0194. The van der Waals surface area contributed by atoms with E-state index in [1.165, 1.54) is 12.8 Å². The first kappa shape index (κ1) is 19.0. The minimum absolute atomic E-state index is 0.0194. The average Bonchev–Trinajstić information content (AvgIpc) is 3.05. The second-order valence-corrected chi connectivity index (χ2v) is 7.73. The molecule has 0 radical (unpaired) electrons. The molecule has 1 saturated heterocycles. The highest BCUT2D eigenvalue weighted by atomic mass is 35.5. The number of benzene rings is 1. The lowest BCUT2D eigenvalue weighted by Gasteiger charge is -2.35. The number of piperidine rings is 1. The van der Waals surface area contributed by atoms with E-state index in [0.717, 1.165) is 36.1 Å². The minimum Gasteiger partial charge on any atom is -0.465 e. The Labute approximate surface area is 160 Å². The number of nitrogens with zero attached hydrogens (tertiary/aromatic N) is 1. The highest BCUT2D eigenvalue weighted by molar-refractivity contribution is 6.30. The van der Waals surface area contributed by atoms with Crippen LogP contribution in [0.25, 0.3) is 0 Å². The van der Waals surface area contributed by atoms with Crippen molar-refractivity contribution in [3.8, 4) is 0 Å². The van der Waals surface area contributed by atoms with Gasteiger partial charge in [0.05, 0.1) is 12.5 Å². The SMILES string of the molecule is Cc1ccc([C@H](CNC(=O)Cc2ccc(Cl)cc2)N2CCC(C)CC2)o1. The molecule has 3 rings (SSSR count). The zero-order valence-electron chi connectivity index (χ0n) is 15.5. The molecule has 1 aliphatic heterocycles. The zero-order valence-corrected chi connectivity index (χ0v) is 16.3. The molecule has 0 aliphatic carbocycles. The largest absolute Gasteiger partial charge is 0.465 e. The van der Waals surface area contributed by atoms with Gasteiger partial charge in [-0.2, -0.15) is 0 Å². The van der Waals surface area contributed by atoms with Crippen molar-refractivity contribution in [2.45, 2.75) is 39.2 Å². The highest BCUT2D eigenvalue weighted by Crippen LogP contribution is 2.27. The lowest BCUT2D eigenvalue weighted by atomic mass is 9.97. The number of carbonyl (C=O) groups excluding carboxylic acids is 1. The van der Waals surface area contributed by atoms with Crippen LogP contribution in [0.15, 0.2) is 40.8 Å². The number of carbonyl (C=O) groups is 1. The van der Waals surface area contributed by atoms with Gasteiger partial charge in [0, 0.05) is 11.6 Å². The molecule has 0 spiro atoms. The highest BCUT2D eigenvalue weighted by Gasteiger charge is 2.27. The molecule has 26 heavy (non-hydrogen) atoms. The van der Waals surface area contributed by atoms with Crippen molar-refractivity contribution >= 4 is 17.5 Å². The van der Waals surface area contributed by atoms with Crippen molar-refractivity contribution in [1.29, 1.82) is 0 Å². The molecule has 1 atom stereocenters. The quantitative estimate of drug-likeness (QED) is 0.816. The van der Waals surface area contributed by atoms with Crippen LogP contribution in [-0.2, 0) is 11.2 Å². The first-order valence-corrected chi connectivity index (χ1v) is 9.70. The maximum atomic E-state index is 12.4. The van der Waals surface area contributed by atoms with Gasteiger partial charge in [0.25, 0.3) is 0 Å². The Morgan fingerprint density at radius 3 is 2.54 bits per heavy atom. The third-order valence-corrected chi connectivity index (χ3v) is 5.37. The number of halogens is 1. The fraction of sp³-hybridized carbons (Fsp3) is 0.476. The van der Waals surface area contributed by atoms with E-state index in [-0.39, 0.29) is 11.9 Å². The number of aryl methyl sites for hydroxylation is 1. The number of likely N-dealkylation sites (tertiary alicyclic amines) is 1. The van der Waals surface area contributed by atoms with Gasteiger partial charge in [-0.05, 0) is 68.6 Å². The van der Waals surface area contributed by atoms with Crippen LogP contribution in [0.3, 0.4) is 0 Å². The van der Waals surface area contributed by atoms with E-state index in [2.05, 4.69) is 17.1 Å². The van der Waals surface area contributed by atoms with E-state index in [9.17, 15) is 4.79 Å². The summed E-state index contributed by atoms with van der Waals surface area (Å²) in [5.41, 5.74) is 0.962. The van der Waals surface area contributed by atoms with Gasteiger partial charge in [-0.3, -0.25) is 9.69 Å². The summed E-state index contributed by atoms with van der Waals surface area (Å²) >= 11 is 5.90. The Hall–Kier alpha value is -1.78. The summed E-state index contributed by atoms with van der Waals surface area (Å²) < 4.78 is 5.88. The van der Waals surface area contributed by atoms with Crippen LogP contribution in [0.2, 0.25) is 5.02 Å². The third kappa shape index (κ3) is 5.12. The van der Waals surface area contributed by atoms with Crippen molar-refractivity contribution in [3.05, 3.63) is 58.5 Å². The first-order chi connectivity index (χ1) is 12.5. The number of furan rings is 1. The van der Waals surface area contributed by atoms with Crippen LogP contribution in [0.5, 0.6) is 0 Å². The van der Waals surface area contributed by atoms with Gasteiger partial charge in [-0.15, -0.1) is 0 Å². The predicted octanol–water partition coefficient (Wildman–Crippen LogP) is 4.37. The lowest BCUT2D eigenvalue weighted by Crippen LogP contribution is -2.42. The van der Waals surface area contributed by atoms with E-state index < -0.39 is 0 Å². The second-order valence-electron chi connectivity index (χ2n) is 7.29. The number of rotatable bonds is 6. The van der Waals surface area contributed by atoms with Crippen LogP contribution < -0.4 is 5.32 Å². The monoisotopic (exact) mass is 374 g/mol. The van der Waals surface area contributed by atoms with Gasteiger partial charge in [0.15, 0.2) is 0 Å². The van der Waals surface area contributed by atoms with E-state index in [1.54, 1.807) is 0 Å². The number of hydrogen-bond donors (Lipinski definition) is 1. The predicted molar refractivity (Wildman–Crippen MR) is 104 cm³/mol. The fourth-order valence-corrected chi connectivity index (χ4v) is 3.57. The maximum absolute atomic E-state index is 12.4. The van der Waals surface area contributed by atoms with Gasteiger partial charge < -0.3 is 9.73 Å². The van der Waals surface area contributed by atoms with Crippen molar-refractivity contribution in [3.63, 3.8) is 0 Å². The molecule has 0 unspecified atom stereocenters. The molecule has 1 fully saturated rings. The summed E-state index contributed by atoms with van der Waals surface area (Å²) in [5.74, 6) is 2.63. The molecule has 2 aromatic rings. The Bertz CT molecular complexity index is 718. The summed E-state index contributed by atoms with van der Waals surface area (Å²) in [6.45, 7) is 6.90. The summed E-state index contributed by atoms with van der Waals surface area (Å²) in [5, 5.41) is 3.77. The van der Waals surface area contributed by atoms with Gasteiger partial charge in [0.1, 0.15) is 11.5 Å². The fourth-order valence-electron chi connectivity index (χ4n) is 3.44. The molecule has 1 N–H and O–H groups in total. The molecule has 5 heteroatoms. The molecule has 2 heterocycles. The van der Waals surface area contributed by atoms with Crippen molar-refractivity contribution in [2.24, 2.45) is 5.92 Å². The van der Waals surface area contributed by atoms with Crippen LogP contribution in [0.1, 0.15) is 42.9 Å². The number of nitrogens with one attached hydrogen (secondary N) is 1. The molecule has 4 nitrogen and oxygen atoms in total. The Morgan fingerprint density at radius 1 is 1.23 bits per heavy atom. The molecule has 0 saturated carbocycles. The number of hydrogen-bond acceptors (Lipinski definition) is 3. The average molecular weight is 375 g/mol. The van der Waals surface area contributed by atoms with Gasteiger partial charge in [0.2, 0.25) is 5.91 Å². The van der Waals surface area contributed by atoms with Gasteiger partial charge in [-0.25, -0.2) is 0 Å². The maximum Gasteiger partial charge on any atom is 0.224 e. The molecular formula is C21H27ClN2O2. The van der Waals surface area contributed by atoms with Crippen LogP contribution in [0, 0.1) is 12.8 Å². The standard InChI is InChI=1S/C21H27ClN2O2/c1-15-9-11-24(12-10-15)19(20-8-3-16(2)26-20)14-23-21(25)13-17-4-6-18(22)7-5-17/h3-8,15,19H,9-14H2,1-2H3,(H,23,25)/t19-/m0/s1. The van der Waals surface area contributed by atoms with Crippen molar-refractivity contribution in [1.82, 2.24) is 10.2 Å². The van der Waals surface area contributed by atoms with Crippen LogP contribution in [0.4, 0.5) is 0 Å². The molecule has 1 amide bonds. The first-order valence-electron chi connectivity index (χ1n) is 9.33. The Balaban J connectivity index is 1.61. The summed E-state index contributed by atoms with van der Waals surface area (Å²) in [4.78, 5) is 14.8. The Morgan fingerprint density at radius 2 is 1.92 bits per heavy atom. The molecule has 1 aliphatic rings. The van der Waals surface area contributed by atoms with Gasteiger partial charge in [-0.1, -0.05) is 30.7 Å². The Kier molecular flexibility index (Phi) is 6.38. The smallest absolute Gasteiger partial charge is 0.224 e. The summed E-state index contributed by atoms with van der Waals surface area (Å²) in [7, 11) is 0. The van der Waals surface area contributed by atoms with Crippen molar-refractivity contribution in [2.75, 3.05) is 19.6 Å².